The highest BCUT2D eigenvalue weighted by molar-refractivity contribution is 7.99. The lowest BCUT2D eigenvalue weighted by molar-refractivity contribution is 0.571. The molecule has 0 amide bonds. The average Bonchev–Trinajstić information content (AvgIpc) is 3.18. The number of hydrogen-bond donors (Lipinski definition) is 0. The van der Waals surface area contributed by atoms with Gasteiger partial charge in [0.1, 0.15) is 11.2 Å². The number of para-hydroxylation sites is 2. The first-order valence-corrected chi connectivity index (χ1v) is 19.0. The average molecular weight is 692 g/mol. The number of allylic oxidation sites excluding steroid dienone is 3. The first kappa shape index (κ1) is 31.2. The van der Waals surface area contributed by atoms with Gasteiger partial charge in [-0.3, -0.25) is 4.79 Å². The summed E-state index contributed by atoms with van der Waals surface area (Å²) >= 11 is 1.91. The van der Waals surface area contributed by atoms with Crippen molar-refractivity contribution >= 4 is 45.1 Å². The van der Waals surface area contributed by atoms with Crippen LogP contribution in [0.1, 0.15) is 55.4 Å². The van der Waals surface area contributed by atoms with Crippen molar-refractivity contribution in [2.45, 2.75) is 48.3 Å². The van der Waals surface area contributed by atoms with Gasteiger partial charge in [0, 0.05) is 21.2 Å². The Kier molecular flexibility index (Phi) is 7.03. The van der Waals surface area contributed by atoms with Crippen LogP contribution in [0.4, 0.5) is 11.4 Å². The minimum Gasteiger partial charge on any atom is -0.456 e. The van der Waals surface area contributed by atoms with Crippen LogP contribution in [0.15, 0.2) is 176 Å². The molecule has 0 radical (unpaired) electrons. The summed E-state index contributed by atoms with van der Waals surface area (Å²) in [7, 11) is 0. The van der Waals surface area contributed by atoms with Crippen LogP contribution in [0.5, 0.6) is 0 Å². The molecule has 2 unspecified atom stereocenters. The molecule has 252 valence electrons. The second-order valence-electron chi connectivity index (χ2n) is 14.7. The fraction of sp³-hybridized carbons (Fsp3) is 0.146. The number of anilines is 2. The SMILES string of the molecule is CC1C=CC2=C(C1)C1(c3ccccc3Sc3ccc(C(C)C)cc31)c1ccccc1N2c1ccc(-c2ccc3c(=O)c4ccccc4oc3c2)cc1. The molecule has 2 aliphatic heterocycles. The van der Waals surface area contributed by atoms with Crippen molar-refractivity contribution in [2.24, 2.45) is 5.92 Å². The van der Waals surface area contributed by atoms with Crippen molar-refractivity contribution in [2.75, 3.05) is 4.90 Å². The lowest BCUT2D eigenvalue weighted by atomic mass is 9.59. The van der Waals surface area contributed by atoms with Crippen LogP contribution < -0.4 is 10.3 Å². The van der Waals surface area contributed by atoms with E-state index in [1.165, 1.54) is 49.0 Å². The second-order valence-corrected chi connectivity index (χ2v) is 15.8. The van der Waals surface area contributed by atoms with E-state index in [0.29, 0.717) is 33.8 Å². The van der Waals surface area contributed by atoms with E-state index in [-0.39, 0.29) is 5.43 Å². The number of fused-ring (bicyclic) bond motifs is 9. The third-order valence-corrected chi connectivity index (χ3v) is 12.4. The van der Waals surface area contributed by atoms with Crippen LogP contribution in [0.25, 0.3) is 33.1 Å². The van der Waals surface area contributed by atoms with Gasteiger partial charge in [0.25, 0.3) is 0 Å². The van der Waals surface area contributed by atoms with Crippen molar-refractivity contribution < 1.29 is 4.42 Å². The molecule has 4 heteroatoms. The van der Waals surface area contributed by atoms with Crippen molar-refractivity contribution in [3.05, 3.63) is 189 Å². The Hall–Kier alpha value is -5.58. The Labute approximate surface area is 307 Å². The zero-order valence-corrected chi connectivity index (χ0v) is 30.2. The monoisotopic (exact) mass is 691 g/mol. The number of rotatable bonds is 3. The van der Waals surface area contributed by atoms with E-state index in [1.54, 1.807) is 0 Å². The molecule has 0 fully saturated rings. The Balaban J connectivity index is 1.16. The molecule has 3 nitrogen and oxygen atoms in total. The summed E-state index contributed by atoms with van der Waals surface area (Å²) in [4.78, 5) is 18.4. The smallest absolute Gasteiger partial charge is 0.200 e. The first-order chi connectivity index (χ1) is 25.4. The van der Waals surface area contributed by atoms with Crippen molar-refractivity contribution in [1.82, 2.24) is 0 Å². The highest BCUT2D eigenvalue weighted by atomic mass is 32.2. The van der Waals surface area contributed by atoms with Gasteiger partial charge in [-0.15, -0.1) is 0 Å². The maximum Gasteiger partial charge on any atom is 0.200 e. The molecule has 3 heterocycles. The molecule has 1 aromatic heterocycles. The Bertz CT molecular complexity index is 2720. The number of hydrogen-bond acceptors (Lipinski definition) is 4. The van der Waals surface area contributed by atoms with E-state index in [0.717, 1.165) is 23.2 Å². The molecular formula is C48H37NO2S. The maximum atomic E-state index is 13.2. The van der Waals surface area contributed by atoms with E-state index in [1.807, 2.05) is 54.2 Å². The summed E-state index contributed by atoms with van der Waals surface area (Å²) in [6.45, 7) is 6.94. The Morgan fingerprint density at radius 2 is 1.42 bits per heavy atom. The van der Waals surface area contributed by atoms with Gasteiger partial charge in [-0.25, -0.2) is 0 Å². The number of nitrogens with zero attached hydrogens (tertiary/aromatic N) is 1. The van der Waals surface area contributed by atoms with Crippen LogP contribution in [0.3, 0.4) is 0 Å². The summed E-state index contributed by atoms with van der Waals surface area (Å²) in [5, 5.41) is 1.20. The normalized spacial score (nSPS) is 18.8. The molecule has 52 heavy (non-hydrogen) atoms. The highest BCUT2D eigenvalue weighted by Gasteiger charge is 2.51. The van der Waals surface area contributed by atoms with E-state index in [2.05, 4.69) is 129 Å². The molecular weight excluding hydrogens is 655 g/mol. The fourth-order valence-electron chi connectivity index (χ4n) is 8.78. The molecule has 1 aliphatic carbocycles. The standard InChI is InChI=1S/C48H37NO2S/c1-29(2)32-20-25-46-40(27-32)48(38-12-6-9-15-45(38)52-46)37-11-5-7-13-41(37)49(42-24-16-30(3)26-39(42)48)34-21-17-31(18-22-34)33-19-23-36-44(28-33)51-43-14-8-4-10-35(43)47(36)50/h4-25,27-30H,26H2,1-3H3. The summed E-state index contributed by atoms with van der Waals surface area (Å²) in [6.07, 6.45) is 5.72. The van der Waals surface area contributed by atoms with Gasteiger partial charge in [0.15, 0.2) is 0 Å². The van der Waals surface area contributed by atoms with E-state index in [9.17, 15) is 4.79 Å². The molecule has 0 bridgehead atoms. The summed E-state index contributed by atoms with van der Waals surface area (Å²) in [5.74, 6) is 0.837. The quantitative estimate of drug-likeness (QED) is 0.173. The lowest BCUT2D eigenvalue weighted by Gasteiger charge is -2.51. The third-order valence-electron chi connectivity index (χ3n) is 11.3. The fourth-order valence-corrected chi connectivity index (χ4v) is 9.95. The van der Waals surface area contributed by atoms with Gasteiger partial charge in [0.2, 0.25) is 5.43 Å². The number of benzene rings is 6. The third kappa shape index (κ3) is 4.50. The van der Waals surface area contributed by atoms with Crippen molar-refractivity contribution in [3.8, 4) is 11.1 Å². The van der Waals surface area contributed by atoms with Gasteiger partial charge in [-0.2, -0.15) is 0 Å². The summed E-state index contributed by atoms with van der Waals surface area (Å²) < 4.78 is 6.22. The highest BCUT2D eigenvalue weighted by Crippen LogP contribution is 2.63. The van der Waals surface area contributed by atoms with Crippen molar-refractivity contribution in [3.63, 3.8) is 0 Å². The predicted molar refractivity (Wildman–Crippen MR) is 215 cm³/mol. The molecule has 0 saturated carbocycles. The zero-order valence-electron chi connectivity index (χ0n) is 29.4. The van der Waals surface area contributed by atoms with Crippen molar-refractivity contribution in [1.29, 1.82) is 0 Å². The Morgan fingerprint density at radius 3 is 2.27 bits per heavy atom. The molecule has 7 aromatic rings. The zero-order chi connectivity index (χ0) is 35.1. The van der Waals surface area contributed by atoms with Crippen LogP contribution in [0.2, 0.25) is 0 Å². The van der Waals surface area contributed by atoms with Gasteiger partial charge in [-0.1, -0.05) is 117 Å². The summed E-state index contributed by atoms with van der Waals surface area (Å²) in [5.41, 5.74) is 13.4. The van der Waals surface area contributed by atoms with Gasteiger partial charge >= 0.3 is 0 Å². The largest absolute Gasteiger partial charge is 0.456 e. The van der Waals surface area contributed by atoms with Gasteiger partial charge in [-0.05, 0) is 118 Å². The first-order valence-electron chi connectivity index (χ1n) is 18.2. The maximum absolute atomic E-state index is 13.2. The molecule has 0 saturated heterocycles. The van der Waals surface area contributed by atoms with Gasteiger partial charge < -0.3 is 9.32 Å². The molecule has 6 aromatic carbocycles. The Morgan fingerprint density at radius 1 is 0.712 bits per heavy atom. The van der Waals surface area contributed by atoms with E-state index < -0.39 is 5.41 Å². The predicted octanol–water partition coefficient (Wildman–Crippen LogP) is 12.5. The van der Waals surface area contributed by atoms with Crippen LogP contribution in [-0.4, -0.2) is 0 Å². The summed E-state index contributed by atoms with van der Waals surface area (Å²) in [6, 6.07) is 47.5. The van der Waals surface area contributed by atoms with Crippen LogP contribution >= 0.6 is 11.8 Å². The molecule has 0 N–H and O–H groups in total. The van der Waals surface area contributed by atoms with Crippen LogP contribution in [-0.2, 0) is 5.41 Å². The second kappa shape index (κ2) is 11.7. The van der Waals surface area contributed by atoms with E-state index in [4.69, 9.17) is 4.42 Å². The molecule has 2 atom stereocenters. The van der Waals surface area contributed by atoms with Gasteiger partial charge in [0.05, 0.1) is 21.9 Å². The van der Waals surface area contributed by atoms with E-state index >= 15 is 0 Å². The molecule has 1 spiro atoms. The lowest BCUT2D eigenvalue weighted by Crippen LogP contribution is -2.43. The molecule has 10 rings (SSSR count). The molecule has 3 aliphatic rings. The minimum absolute atomic E-state index is 0.00135. The topological polar surface area (TPSA) is 33.5 Å². The minimum atomic E-state index is -0.414. The van der Waals surface area contributed by atoms with Crippen LogP contribution in [0, 0.1) is 5.92 Å².